The first-order valence-electron chi connectivity index (χ1n) is 11.9. The molecule has 1 saturated heterocycles. The van der Waals surface area contributed by atoms with Crippen molar-refractivity contribution in [2.45, 2.75) is 13.0 Å². The van der Waals surface area contributed by atoms with Crippen LogP contribution in [0.25, 0.3) is 16.7 Å². The van der Waals surface area contributed by atoms with E-state index in [0.29, 0.717) is 30.2 Å². The van der Waals surface area contributed by atoms with Crippen LogP contribution in [0.3, 0.4) is 0 Å². The molecule has 6 rings (SSSR count). The van der Waals surface area contributed by atoms with Crippen LogP contribution < -0.4 is 14.5 Å². The van der Waals surface area contributed by atoms with Gasteiger partial charge in [0, 0.05) is 41.0 Å². The second-order valence-corrected chi connectivity index (χ2v) is 9.20. The standard InChI is InChI=1S/C29H25N3O4/c1-17-7-3-6-10-22(17)32-26(20-16-30-21-9-5-4-8-19(20)21)25(28(34)29(32)35)27(33)18-11-12-24-23(15-18)31(2)13-14-36-24/h3-12,15-16,26,30,33H,13-14H2,1-2H3/b27-25+. The monoisotopic (exact) mass is 479 g/mol. The zero-order valence-electron chi connectivity index (χ0n) is 20.0. The SMILES string of the molecule is Cc1ccccc1N1C(=O)C(=O)/C(=C(/O)c2ccc3c(c2)N(C)CCO3)C1c1c[nH]c2ccccc12. The van der Waals surface area contributed by atoms with Gasteiger partial charge < -0.3 is 19.7 Å². The van der Waals surface area contributed by atoms with E-state index in [1.54, 1.807) is 18.2 Å². The number of nitrogens with zero attached hydrogens (tertiary/aromatic N) is 2. The Morgan fingerprint density at radius 1 is 1.03 bits per heavy atom. The van der Waals surface area contributed by atoms with Crippen LogP contribution in [0.4, 0.5) is 11.4 Å². The first-order valence-corrected chi connectivity index (χ1v) is 11.9. The van der Waals surface area contributed by atoms with Crippen molar-refractivity contribution in [2.75, 3.05) is 30.0 Å². The molecule has 0 bridgehead atoms. The van der Waals surface area contributed by atoms with E-state index in [9.17, 15) is 14.7 Å². The van der Waals surface area contributed by atoms with E-state index >= 15 is 0 Å². The fraction of sp³-hybridized carbons (Fsp3) is 0.172. The van der Waals surface area contributed by atoms with E-state index in [0.717, 1.165) is 27.7 Å². The van der Waals surface area contributed by atoms with E-state index < -0.39 is 17.7 Å². The number of ketones is 1. The highest BCUT2D eigenvalue weighted by Crippen LogP contribution is 2.45. The van der Waals surface area contributed by atoms with Crippen LogP contribution in [-0.4, -0.2) is 42.0 Å². The lowest BCUT2D eigenvalue weighted by atomic mass is 9.94. The zero-order valence-corrected chi connectivity index (χ0v) is 20.0. The number of carbonyl (C=O) groups excluding carboxylic acids is 2. The molecular weight excluding hydrogens is 454 g/mol. The number of anilines is 2. The summed E-state index contributed by atoms with van der Waals surface area (Å²) >= 11 is 0. The van der Waals surface area contributed by atoms with Crippen LogP contribution in [0.5, 0.6) is 5.75 Å². The lowest BCUT2D eigenvalue weighted by molar-refractivity contribution is -0.132. The molecule has 2 aliphatic rings. The van der Waals surface area contributed by atoms with Crippen LogP contribution in [0, 0.1) is 6.92 Å². The molecule has 1 unspecified atom stereocenters. The summed E-state index contributed by atoms with van der Waals surface area (Å²) in [6.45, 7) is 3.20. The molecule has 1 aromatic heterocycles. The molecule has 1 atom stereocenters. The number of ether oxygens (including phenoxy) is 1. The van der Waals surface area contributed by atoms with Gasteiger partial charge in [0.15, 0.2) is 0 Å². The predicted molar refractivity (Wildman–Crippen MR) is 139 cm³/mol. The number of aromatic amines is 1. The number of aryl methyl sites for hydroxylation is 1. The number of amides is 1. The van der Waals surface area contributed by atoms with Gasteiger partial charge in [0.2, 0.25) is 0 Å². The fourth-order valence-corrected chi connectivity index (χ4v) is 5.18. The second kappa shape index (κ2) is 8.30. The minimum Gasteiger partial charge on any atom is -0.507 e. The Hall–Kier alpha value is -4.52. The molecule has 2 aliphatic heterocycles. The first-order chi connectivity index (χ1) is 17.5. The van der Waals surface area contributed by atoms with E-state index in [1.165, 1.54) is 4.90 Å². The largest absolute Gasteiger partial charge is 0.507 e. The van der Waals surface area contributed by atoms with E-state index in [1.807, 2.05) is 73.6 Å². The minimum atomic E-state index is -0.799. The highest BCUT2D eigenvalue weighted by Gasteiger charge is 2.48. The number of likely N-dealkylation sites (N-methyl/N-ethyl adjacent to an activating group) is 1. The Labute approximate surface area is 208 Å². The lowest BCUT2D eigenvalue weighted by Crippen LogP contribution is -2.30. The van der Waals surface area contributed by atoms with Crippen molar-refractivity contribution >= 4 is 39.7 Å². The number of hydrogen-bond acceptors (Lipinski definition) is 5. The van der Waals surface area contributed by atoms with Gasteiger partial charge in [-0.05, 0) is 42.8 Å². The van der Waals surface area contributed by atoms with E-state index in [4.69, 9.17) is 4.74 Å². The molecule has 36 heavy (non-hydrogen) atoms. The number of aromatic nitrogens is 1. The molecule has 1 amide bonds. The summed E-state index contributed by atoms with van der Waals surface area (Å²) in [5.74, 6) is -0.872. The average Bonchev–Trinajstić information content (AvgIpc) is 3.42. The summed E-state index contributed by atoms with van der Waals surface area (Å²) in [6, 6.07) is 19.7. The summed E-state index contributed by atoms with van der Waals surface area (Å²) in [4.78, 5) is 33.9. The molecule has 180 valence electrons. The number of nitrogens with one attached hydrogen (secondary N) is 1. The van der Waals surface area contributed by atoms with Crippen LogP contribution in [-0.2, 0) is 9.59 Å². The third kappa shape index (κ3) is 3.27. The normalized spacial score (nSPS) is 19.0. The molecule has 2 N–H and O–H groups in total. The van der Waals surface area contributed by atoms with Gasteiger partial charge in [0.1, 0.15) is 18.1 Å². The number of rotatable bonds is 3. The van der Waals surface area contributed by atoms with Gasteiger partial charge in [-0.2, -0.15) is 0 Å². The highest BCUT2D eigenvalue weighted by atomic mass is 16.5. The van der Waals surface area contributed by atoms with Crippen LogP contribution in [0.2, 0.25) is 0 Å². The first kappa shape index (κ1) is 22.0. The van der Waals surface area contributed by atoms with Crippen LogP contribution >= 0.6 is 0 Å². The summed E-state index contributed by atoms with van der Waals surface area (Å²) in [5.41, 5.74) is 4.46. The Bertz CT molecular complexity index is 1570. The molecule has 3 aromatic carbocycles. The summed E-state index contributed by atoms with van der Waals surface area (Å²) < 4.78 is 5.74. The van der Waals surface area contributed by atoms with Crippen molar-refractivity contribution < 1.29 is 19.4 Å². The van der Waals surface area contributed by atoms with Crippen molar-refractivity contribution in [1.82, 2.24) is 4.98 Å². The van der Waals surface area contributed by atoms with E-state index in [-0.39, 0.29) is 11.3 Å². The predicted octanol–water partition coefficient (Wildman–Crippen LogP) is 4.93. The van der Waals surface area contributed by atoms with Crippen molar-refractivity contribution in [3.8, 4) is 5.75 Å². The van der Waals surface area contributed by atoms with Gasteiger partial charge in [-0.1, -0.05) is 36.4 Å². The van der Waals surface area contributed by atoms with Gasteiger partial charge in [-0.25, -0.2) is 0 Å². The molecule has 7 heteroatoms. The molecular formula is C29H25N3O4. The number of benzene rings is 3. The molecule has 7 nitrogen and oxygen atoms in total. The topological polar surface area (TPSA) is 85.9 Å². The maximum atomic E-state index is 13.6. The van der Waals surface area contributed by atoms with Crippen molar-refractivity contribution in [3.63, 3.8) is 0 Å². The van der Waals surface area contributed by atoms with Crippen LogP contribution in [0.1, 0.15) is 22.7 Å². The van der Waals surface area contributed by atoms with Gasteiger partial charge >= 0.3 is 0 Å². The maximum absolute atomic E-state index is 13.6. The molecule has 0 radical (unpaired) electrons. The van der Waals surface area contributed by atoms with Crippen molar-refractivity contribution in [3.05, 3.63) is 95.2 Å². The van der Waals surface area contributed by atoms with Crippen molar-refractivity contribution in [1.29, 1.82) is 0 Å². The van der Waals surface area contributed by atoms with Gasteiger partial charge in [-0.3, -0.25) is 14.5 Å². The number of fused-ring (bicyclic) bond motifs is 2. The lowest BCUT2D eigenvalue weighted by Gasteiger charge is -2.28. The second-order valence-electron chi connectivity index (χ2n) is 9.20. The molecule has 4 aromatic rings. The Morgan fingerprint density at radius 2 is 1.81 bits per heavy atom. The van der Waals surface area contributed by atoms with Gasteiger partial charge in [0.25, 0.3) is 11.7 Å². The third-order valence-electron chi connectivity index (χ3n) is 7.06. The van der Waals surface area contributed by atoms with Crippen molar-refractivity contribution in [2.24, 2.45) is 0 Å². The number of H-pyrrole nitrogens is 1. The molecule has 0 spiro atoms. The Morgan fingerprint density at radius 3 is 2.64 bits per heavy atom. The zero-order chi connectivity index (χ0) is 25.0. The number of hydrogen-bond donors (Lipinski definition) is 2. The highest BCUT2D eigenvalue weighted by molar-refractivity contribution is 6.52. The fourth-order valence-electron chi connectivity index (χ4n) is 5.18. The molecule has 1 fully saturated rings. The van der Waals surface area contributed by atoms with Gasteiger partial charge in [-0.15, -0.1) is 0 Å². The number of Topliss-reactive ketones (excluding diaryl/α,β-unsaturated/α-hetero) is 1. The summed E-state index contributed by atoms with van der Waals surface area (Å²) in [6.07, 6.45) is 1.81. The smallest absolute Gasteiger partial charge is 0.300 e. The average molecular weight is 480 g/mol. The molecule has 0 saturated carbocycles. The molecule has 0 aliphatic carbocycles. The van der Waals surface area contributed by atoms with Gasteiger partial charge in [0.05, 0.1) is 23.8 Å². The van der Waals surface area contributed by atoms with E-state index in [2.05, 4.69) is 4.98 Å². The summed E-state index contributed by atoms with van der Waals surface area (Å²) in [5, 5.41) is 12.5. The third-order valence-corrected chi connectivity index (χ3v) is 7.06. The number of aliphatic hydroxyl groups is 1. The quantitative estimate of drug-likeness (QED) is 0.247. The summed E-state index contributed by atoms with van der Waals surface area (Å²) in [7, 11) is 1.95. The Balaban J connectivity index is 1.59. The van der Waals surface area contributed by atoms with Crippen LogP contribution in [0.15, 0.2) is 78.5 Å². The maximum Gasteiger partial charge on any atom is 0.300 e. The minimum absolute atomic E-state index is 0.0623. The number of para-hydroxylation sites is 2. The number of aliphatic hydroxyl groups excluding tert-OH is 1. The number of carbonyl (C=O) groups is 2. The Kier molecular flexibility index (Phi) is 5.07. The molecule has 3 heterocycles.